The molecule has 1 fully saturated rings. The van der Waals surface area contributed by atoms with E-state index in [1.807, 2.05) is 42.2 Å². The fourth-order valence-electron chi connectivity index (χ4n) is 3.07. The molecular formula is C19H25N5OS. The number of nitrogens with one attached hydrogen (secondary N) is 1. The van der Waals surface area contributed by atoms with Gasteiger partial charge in [-0.25, -0.2) is 0 Å². The number of piperazine rings is 1. The zero-order chi connectivity index (χ0) is 18.7. The monoisotopic (exact) mass is 371 g/mol. The molecule has 1 aromatic carbocycles. The average Bonchev–Trinajstić information content (AvgIpc) is 2.94. The van der Waals surface area contributed by atoms with Crippen LogP contribution in [0.15, 0.2) is 30.5 Å². The molecule has 0 unspecified atom stereocenters. The minimum Gasteiger partial charge on any atom is -0.346 e. The molecular weight excluding hydrogens is 346 g/mol. The molecule has 1 aliphatic rings. The minimum absolute atomic E-state index is 0.0545. The van der Waals surface area contributed by atoms with Gasteiger partial charge in [-0.05, 0) is 38.2 Å². The van der Waals surface area contributed by atoms with Crippen molar-refractivity contribution < 1.29 is 4.79 Å². The van der Waals surface area contributed by atoms with E-state index in [2.05, 4.69) is 27.1 Å². The molecule has 1 N–H and O–H groups in total. The summed E-state index contributed by atoms with van der Waals surface area (Å²) >= 11 is 5.56. The van der Waals surface area contributed by atoms with E-state index in [1.54, 1.807) is 6.92 Å². The summed E-state index contributed by atoms with van der Waals surface area (Å²) in [5.41, 5.74) is 4.04. The second-order valence-corrected chi connectivity index (χ2v) is 7.10. The van der Waals surface area contributed by atoms with Crippen LogP contribution in [-0.4, -0.2) is 56.7 Å². The van der Waals surface area contributed by atoms with Crippen LogP contribution in [0.5, 0.6) is 0 Å². The van der Waals surface area contributed by atoms with Crippen LogP contribution in [0.4, 0.5) is 5.69 Å². The van der Waals surface area contributed by atoms with Gasteiger partial charge in [-0.2, -0.15) is 5.10 Å². The summed E-state index contributed by atoms with van der Waals surface area (Å²) in [5, 5.41) is 8.28. The van der Waals surface area contributed by atoms with E-state index in [-0.39, 0.29) is 5.78 Å². The van der Waals surface area contributed by atoms with Crippen molar-refractivity contribution in [1.82, 2.24) is 19.6 Å². The maximum Gasteiger partial charge on any atom is 0.173 e. The van der Waals surface area contributed by atoms with Crippen LogP contribution in [-0.2, 0) is 13.6 Å². The maximum atomic E-state index is 11.5. The van der Waals surface area contributed by atoms with Gasteiger partial charge in [0, 0.05) is 62.3 Å². The molecule has 1 saturated heterocycles. The molecule has 1 aliphatic heterocycles. The van der Waals surface area contributed by atoms with Crippen LogP contribution >= 0.6 is 12.2 Å². The summed E-state index contributed by atoms with van der Waals surface area (Å²) in [5.74, 6) is 0.0545. The number of Topliss-reactive ketones (excluding diaryl/α,β-unsaturated/α-hetero) is 1. The fourth-order valence-corrected chi connectivity index (χ4v) is 3.37. The van der Waals surface area contributed by atoms with Crippen molar-refractivity contribution in [3.05, 3.63) is 47.3 Å². The summed E-state index contributed by atoms with van der Waals surface area (Å²) < 4.78 is 1.92. The standard InChI is InChI=1S/C19H25N5OS/c1-14-17(12-20-22(14)3)13-23-7-9-24(10-8-23)19(26)21-18-6-4-5-16(11-18)15(2)25/h4-6,11-12H,7-10,13H2,1-3H3,(H,21,26). The van der Waals surface area contributed by atoms with Crippen LogP contribution in [0, 0.1) is 6.92 Å². The molecule has 0 atom stereocenters. The van der Waals surface area contributed by atoms with Gasteiger partial charge < -0.3 is 10.2 Å². The van der Waals surface area contributed by atoms with Crippen molar-refractivity contribution in [3.63, 3.8) is 0 Å². The van der Waals surface area contributed by atoms with Gasteiger partial charge in [0.05, 0.1) is 6.20 Å². The Hall–Kier alpha value is -2.25. The lowest BCUT2D eigenvalue weighted by Crippen LogP contribution is -2.49. The summed E-state index contributed by atoms with van der Waals surface area (Å²) in [6.07, 6.45) is 1.95. The quantitative estimate of drug-likeness (QED) is 0.658. The van der Waals surface area contributed by atoms with Crippen LogP contribution in [0.2, 0.25) is 0 Å². The van der Waals surface area contributed by atoms with Gasteiger partial charge in [0.15, 0.2) is 10.9 Å². The zero-order valence-corrected chi connectivity index (χ0v) is 16.3. The van der Waals surface area contributed by atoms with Crippen molar-refractivity contribution in [2.24, 2.45) is 7.05 Å². The second-order valence-electron chi connectivity index (χ2n) is 6.71. The summed E-state index contributed by atoms with van der Waals surface area (Å²) in [4.78, 5) is 16.1. The Labute approximate surface area is 159 Å². The molecule has 26 heavy (non-hydrogen) atoms. The smallest absolute Gasteiger partial charge is 0.173 e. The number of aryl methyl sites for hydroxylation is 1. The number of anilines is 1. The number of aromatic nitrogens is 2. The number of rotatable bonds is 4. The van der Waals surface area contributed by atoms with Crippen molar-refractivity contribution in [2.75, 3.05) is 31.5 Å². The normalized spacial score (nSPS) is 15.1. The Morgan fingerprint density at radius 2 is 2.00 bits per heavy atom. The molecule has 0 spiro atoms. The zero-order valence-electron chi connectivity index (χ0n) is 15.5. The van der Waals surface area contributed by atoms with Gasteiger partial charge in [-0.15, -0.1) is 0 Å². The summed E-state index contributed by atoms with van der Waals surface area (Å²) in [6, 6.07) is 7.46. The van der Waals surface area contributed by atoms with E-state index in [0.717, 1.165) is 38.4 Å². The Morgan fingerprint density at radius 1 is 1.27 bits per heavy atom. The fraction of sp³-hybridized carbons (Fsp3) is 0.421. The maximum absolute atomic E-state index is 11.5. The van der Waals surface area contributed by atoms with Crippen LogP contribution in [0.3, 0.4) is 0 Å². The van der Waals surface area contributed by atoms with E-state index in [0.29, 0.717) is 10.7 Å². The number of nitrogens with zero attached hydrogens (tertiary/aromatic N) is 4. The van der Waals surface area contributed by atoms with E-state index in [9.17, 15) is 4.79 Å². The third kappa shape index (κ3) is 4.28. The van der Waals surface area contributed by atoms with E-state index in [1.165, 1.54) is 11.3 Å². The first kappa shape index (κ1) is 18.5. The molecule has 0 amide bonds. The molecule has 0 aliphatic carbocycles. The molecule has 7 heteroatoms. The van der Waals surface area contributed by atoms with E-state index < -0.39 is 0 Å². The summed E-state index contributed by atoms with van der Waals surface area (Å²) in [7, 11) is 1.97. The van der Waals surface area contributed by atoms with Gasteiger partial charge >= 0.3 is 0 Å². The molecule has 2 heterocycles. The van der Waals surface area contributed by atoms with Crippen molar-refractivity contribution in [1.29, 1.82) is 0 Å². The SMILES string of the molecule is CC(=O)c1cccc(NC(=S)N2CCN(Cc3cnn(C)c3C)CC2)c1. The highest BCUT2D eigenvalue weighted by atomic mass is 32.1. The largest absolute Gasteiger partial charge is 0.346 e. The Balaban J connectivity index is 1.53. The van der Waals surface area contributed by atoms with Gasteiger partial charge in [0.25, 0.3) is 0 Å². The van der Waals surface area contributed by atoms with E-state index in [4.69, 9.17) is 12.2 Å². The first-order valence-electron chi connectivity index (χ1n) is 8.81. The molecule has 1 aromatic heterocycles. The highest BCUT2D eigenvalue weighted by molar-refractivity contribution is 7.80. The molecule has 6 nitrogen and oxygen atoms in total. The number of ketones is 1. The third-order valence-electron chi connectivity index (χ3n) is 4.91. The topological polar surface area (TPSA) is 53.4 Å². The second kappa shape index (κ2) is 7.97. The molecule has 0 radical (unpaired) electrons. The molecule has 0 bridgehead atoms. The highest BCUT2D eigenvalue weighted by Crippen LogP contribution is 2.15. The van der Waals surface area contributed by atoms with Crippen molar-refractivity contribution in [3.8, 4) is 0 Å². The number of carbonyl (C=O) groups excluding carboxylic acids is 1. The highest BCUT2D eigenvalue weighted by Gasteiger charge is 2.20. The Kier molecular flexibility index (Phi) is 5.68. The minimum atomic E-state index is 0.0545. The molecule has 0 saturated carbocycles. The third-order valence-corrected chi connectivity index (χ3v) is 5.27. The van der Waals surface area contributed by atoms with E-state index >= 15 is 0 Å². The predicted octanol–water partition coefficient (Wildman–Crippen LogP) is 2.45. The molecule has 138 valence electrons. The van der Waals surface area contributed by atoms with Gasteiger partial charge in [-0.1, -0.05) is 12.1 Å². The number of benzene rings is 1. The average molecular weight is 372 g/mol. The molecule has 2 aromatic rings. The van der Waals surface area contributed by atoms with Crippen LogP contribution < -0.4 is 5.32 Å². The lowest BCUT2D eigenvalue weighted by atomic mass is 10.1. The van der Waals surface area contributed by atoms with Crippen LogP contribution in [0.1, 0.15) is 28.5 Å². The summed E-state index contributed by atoms with van der Waals surface area (Å²) in [6.45, 7) is 8.30. The Morgan fingerprint density at radius 3 is 2.62 bits per heavy atom. The number of hydrogen-bond donors (Lipinski definition) is 1. The molecule has 3 rings (SSSR count). The Bertz CT molecular complexity index is 808. The number of thiocarbonyl (C=S) groups is 1. The first-order valence-corrected chi connectivity index (χ1v) is 9.21. The van der Waals surface area contributed by atoms with Crippen molar-refractivity contribution in [2.45, 2.75) is 20.4 Å². The van der Waals surface area contributed by atoms with Gasteiger partial charge in [0.1, 0.15) is 0 Å². The first-order chi connectivity index (χ1) is 12.4. The van der Waals surface area contributed by atoms with Crippen LogP contribution in [0.25, 0.3) is 0 Å². The lowest BCUT2D eigenvalue weighted by Gasteiger charge is -2.36. The predicted molar refractivity (Wildman–Crippen MR) is 107 cm³/mol. The van der Waals surface area contributed by atoms with Gasteiger partial charge in [-0.3, -0.25) is 14.4 Å². The number of hydrogen-bond acceptors (Lipinski definition) is 4. The van der Waals surface area contributed by atoms with Gasteiger partial charge in [0.2, 0.25) is 0 Å². The lowest BCUT2D eigenvalue weighted by molar-refractivity contribution is 0.101. The van der Waals surface area contributed by atoms with Crippen molar-refractivity contribution >= 4 is 28.8 Å². The number of carbonyl (C=O) groups is 1.